The van der Waals surface area contributed by atoms with Gasteiger partial charge in [-0.2, -0.15) is 13.2 Å². The van der Waals surface area contributed by atoms with Crippen molar-refractivity contribution in [3.63, 3.8) is 0 Å². The summed E-state index contributed by atoms with van der Waals surface area (Å²) >= 11 is 5.58. The summed E-state index contributed by atoms with van der Waals surface area (Å²) in [5, 5.41) is -0.266. The smallest absolute Gasteiger partial charge is 0.417 e. The van der Waals surface area contributed by atoms with Gasteiger partial charge in [-0.05, 0) is 30.2 Å². The van der Waals surface area contributed by atoms with Crippen molar-refractivity contribution < 1.29 is 22.3 Å². The molecular weight excluding hydrogens is 308 g/mol. The van der Waals surface area contributed by atoms with E-state index < -0.39 is 17.6 Å². The Kier molecular flexibility index (Phi) is 4.42. The van der Waals surface area contributed by atoms with Gasteiger partial charge in [-0.15, -0.1) is 0 Å². The van der Waals surface area contributed by atoms with Crippen LogP contribution in [-0.4, -0.2) is 6.18 Å². The maximum absolute atomic E-state index is 13.7. The first-order valence-corrected chi connectivity index (χ1v) is 6.45. The number of halogens is 5. The molecule has 0 spiro atoms. The third-order valence-corrected chi connectivity index (χ3v) is 3.32. The van der Waals surface area contributed by atoms with E-state index in [1.54, 1.807) is 6.07 Å². The molecule has 1 aliphatic rings. The zero-order chi connectivity index (χ0) is 15.6. The number of allylic oxidation sites excluding steroid dienone is 4. The highest BCUT2D eigenvalue weighted by molar-refractivity contribution is 6.30. The molecule has 0 N–H and O–H groups in total. The van der Waals surface area contributed by atoms with Crippen LogP contribution in [0.4, 0.5) is 17.6 Å². The molecular formula is C15H11ClF4O. The Balaban J connectivity index is 2.26. The van der Waals surface area contributed by atoms with Crippen LogP contribution >= 0.6 is 11.6 Å². The second-order valence-electron chi connectivity index (χ2n) is 4.42. The highest BCUT2D eigenvalue weighted by atomic mass is 35.5. The second kappa shape index (κ2) is 5.93. The fourth-order valence-corrected chi connectivity index (χ4v) is 2.12. The van der Waals surface area contributed by atoms with Gasteiger partial charge in [-0.1, -0.05) is 30.3 Å². The molecule has 0 fully saturated rings. The molecule has 0 aliphatic heterocycles. The third-order valence-electron chi connectivity index (χ3n) is 2.93. The second-order valence-corrected chi connectivity index (χ2v) is 4.88. The Morgan fingerprint density at radius 2 is 1.95 bits per heavy atom. The van der Waals surface area contributed by atoms with Crippen molar-refractivity contribution in [2.24, 2.45) is 0 Å². The topological polar surface area (TPSA) is 9.23 Å². The normalized spacial score (nSPS) is 15.8. The van der Waals surface area contributed by atoms with Gasteiger partial charge in [0, 0.05) is 11.5 Å². The SMILES string of the molecule is C=Cc1ccc(OC2=CC(C(F)(F)F)=C(Cl)CC2)c(F)c1. The number of hydrogen-bond donors (Lipinski definition) is 0. The van der Waals surface area contributed by atoms with Gasteiger partial charge >= 0.3 is 6.18 Å². The zero-order valence-corrected chi connectivity index (χ0v) is 11.6. The molecule has 0 amide bonds. The Hall–Kier alpha value is -1.75. The molecule has 2 rings (SSSR count). The summed E-state index contributed by atoms with van der Waals surface area (Å²) in [4.78, 5) is 0. The molecule has 1 aliphatic carbocycles. The van der Waals surface area contributed by atoms with E-state index in [1.165, 1.54) is 18.2 Å². The predicted octanol–water partition coefficient (Wildman–Crippen LogP) is 5.58. The Morgan fingerprint density at radius 1 is 1.24 bits per heavy atom. The largest absolute Gasteiger partial charge is 0.459 e. The van der Waals surface area contributed by atoms with Crippen LogP contribution in [0.1, 0.15) is 18.4 Å². The lowest BCUT2D eigenvalue weighted by Crippen LogP contribution is -2.16. The van der Waals surface area contributed by atoms with Crippen molar-refractivity contribution in [2.45, 2.75) is 19.0 Å². The summed E-state index contributed by atoms with van der Waals surface area (Å²) in [5.41, 5.74) is -0.398. The Morgan fingerprint density at radius 3 is 2.52 bits per heavy atom. The molecule has 6 heteroatoms. The molecule has 1 aromatic rings. The standard InChI is InChI=1S/C15H11ClF4O/c1-2-9-3-6-14(13(17)7-9)21-10-4-5-12(16)11(8-10)15(18,19)20/h2-3,6-8H,1,4-5H2. The van der Waals surface area contributed by atoms with Gasteiger partial charge < -0.3 is 4.74 Å². The van der Waals surface area contributed by atoms with Crippen molar-refractivity contribution in [3.05, 3.63) is 58.6 Å². The molecule has 0 bridgehead atoms. The van der Waals surface area contributed by atoms with E-state index in [0.29, 0.717) is 5.56 Å². The molecule has 0 atom stereocenters. The van der Waals surface area contributed by atoms with Gasteiger partial charge in [0.05, 0.1) is 5.57 Å². The lowest BCUT2D eigenvalue weighted by atomic mass is 10.0. The van der Waals surface area contributed by atoms with Crippen molar-refractivity contribution in [1.29, 1.82) is 0 Å². The van der Waals surface area contributed by atoms with Crippen LogP contribution in [0.5, 0.6) is 5.75 Å². The van der Waals surface area contributed by atoms with Crippen molar-refractivity contribution in [3.8, 4) is 5.75 Å². The third kappa shape index (κ3) is 3.67. The van der Waals surface area contributed by atoms with E-state index in [0.717, 1.165) is 6.08 Å². The fourth-order valence-electron chi connectivity index (χ4n) is 1.86. The number of alkyl halides is 3. The van der Waals surface area contributed by atoms with Gasteiger partial charge in [-0.3, -0.25) is 0 Å². The van der Waals surface area contributed by atoms with Crippen LogP contribution in [0, 0.1) is 5.82 Å². The number of benzene rings is 1. The Bertz CT molecular complexity index is 629. The van der Waals surface area contributed by atoms with E-state index in [4.69, 9.17) is 16.3 Å². The van der Waals surface area contributed by atoms with Crippen LogP contribution in [0.3, 0.4) is 0 Å². The summed E-state index contributed by atoms with van der Waals surface area (Å²) < 4.78 is 57.2. The van der Waals surface area contributed by atoms with Gasteiger partial charge in [-0.25, -0.2) is 4.39 Å². The molecule has 0 heterocycles. The zero-order valence-electron chi connectivity index (χ0n) is 10.8. The van der Waals surface area contributed by atoms with Gasteiger partial charge in [0.25, 0.3) is 0 Å². The van der Waals surface area contributed by atoms with Crippen LogP contribution in [0.2, 0.25) is 0 Å². The molecule has 0 aromatic heterocycles. The first-order chi connectivity index (χ1) is 9.81. The molecule has 1 nitrogen and oxygen atoms in total. The van der Waals surface area contributed by atoms with Crippen molar-refractivity contribution in [1.82, 2.24) is 0 Å². The minimum absolute atomic E-state index is 0.00852. The monoisotopic (exact) mass is 318 g/mol. The lowest BCUT2D eigenvalue weighted by molar-refractivity contribution is -0.0892. The van der Waals surface area contributed by atoms with E-state index in [2.05, 4.69) is 6.58 Å². The first-order valence-electron chi connectivity index (χ1n) is 6.07. The molecule has 0 saturated heterocycles. The van der Waals surface area contributed by atoms with Crippen LogP contribution in [0.25, 0.3) is 6.08 Å². The van der Waals surface area contributed by atoms with E-state index in [9.17, 15) is 17.6 Å². The van der Waals surface area contributed by atoms with Crippen molar-refractivity contribution in [2.75, 3.05) is 0 Å². The van der Waals surface area contributed by atoms with Crippen LogP contribution < -0.4 is 4.74 Å². The van der Waals surface area contributed by atoms with E-state index >= 15 is 0 Å². The molecule has 0 unspecified atom stereocenters. The summed E-state index contributed by atoms with van der Waals surface area (Å²) in [6.07, 6.45) is -2.10. The van der Waals surface area contributed by atoms with Crippen LogP contribution in [-0.2, 0) is 0 Å². The highest BCUT2D eigenvalue weighted by Gasteiger charge is 2.36. The molecule has 0 saturated carbocycles. The highest BCUT2D eigenvalue weighted by Crippen LogP contribution is 2.38. The van der Waals surface area contributed by atoms with E-state index in [-0.39, 0.29) is 29.4 Å². The Labute approximate surface area is 124 Å². The summed E-state index contributed by atoms with van der Waals surface area (Å²) in [6.45, 7) is 3.50. The van der Waals surface area contributed by atoms with Gasteiger partial charge in [0.15, 0.2) is 11.6 Å². The number of ether oxygens (including phenoxy) is 1. The number of hydrogen-bond acceptors (Lipinski definition) is 1. The molecule has 21 heavy (non-hydrogen) atoms. The fraction of sp³-hybridized carbons (Fsp3) is 0.200. The minimum atomic E-state index is -4.56. The summed E-state index contributed by atoms with van der Waals surface area (Å²) in [5.74, 6) is -0.772. The van der Waals surface area contributed by atoms with Crippen LogP contribution in [0.15, 0.2) is 47.2 Å². The first kappa shape index (κ1) is 15.6. The average Bonchev–Trinajstić information content (AvgIpc) is 2.41. The van der Waals surface area contributed by atoms with Crippen molar-refractivity contribution >= 4 is 17.7 Å². The minimum Gasteiger partial charge on any atom is -0.459 e. The molecule has 1 aromatic carbocycles. The quantitative estimate of drug-likeness (QED) is 0.661. The van der Waals surface area contributed by atoms with Gasteiger partial charge in [0.2, 0.25) is 0 Å². The maximum Gasteiger partial charge on any atom is 0.417 e. The molecule has 0 radical (unpaired) electrons. The van der Waals surface area contributed by atoms with Gasteiger partial charge in [0.1, 0.15) is 5.76 Å². The molecule has 112 valence electrons. The summed E-state index contributed by atoms with van der Waals surface area (Å²) in [6, 6.07) is 4.10. The predicted molar refractivity (Wildman–Crippen MR) is 73.4 cm³/mol. The maximum atomic E-state index is 13.7. The van der Waals surface area contributed by atoms with E-state index in [1.807, 2.05) is 0 Å². The summed E-state index contributed by atoms with van der Waals surface area (Å²) in [7, 11) is 0. The number of rotatable bonds is 3. The average molecular weight is 319 g/mol. The lowest BCUT2D eigenvalue weighted by Gasteiger charge is -2.19.